The maximum atomic E-state index is 11.5. The summed E-state index contributed by atoms with van der Waals surface area (Å²) in [4.78, 5) is 13.9. The number of amides is 1. The number of hydrogen-bond donors (Lipinski definition) is 2. The third-order valence-corrected chi connectivity index (χ3v) is 4.04. The number of hydrogen-bond acceptors (Lipinski definition) is 4. The standard InChI is InChI=1S/C17H26N2O3/c1-18-17(21)15-5-3-14(4-6-15)13-19-9-7-16(8-10-19)22-12-2-11-20/h3-6,16,20H,2,7-13H2,1H3,(H,18,21). The lowest BCUT2D eigenvalue weighted by Gasteiger charge is -2.31. The highest BCUT2D eigenvalue weighted by Crippen LogP contribution is 2.17. The molecule has 0 aromatic heterocycles. The summed E-state index contributed by atoms with van der Waals surface area (Å²) in [6, 6.07) is 7.79. The molecule has 0 aliphatic carbocycles. The van der Waals surface area contributed by atoms with Gasteiger partial charge in [0, 0.05) is 45.5 Å². The first-order valence-corrected chi connectivity index (χ1v) is 7.98. The summed E-state index contributed by atoms with van der Waals surface area (Å²) in [5.74, 6) is -0.0487. The highest BCUT2D eigenvalue weighted by atomic mass is 16.5. The molecule has 1 aliphatic rings. The first-order chi connectivity index (χ1) is 10.7. The van der Waals surface area contributed by atoms with Crippen LogP contribution in [-0.4, -0.2) is 55.4 Å². The fourth-order valence-corrected chi connectivity index (χ4v) is 2.71. The van der Waals surface area contributed by atoms with Crippen molar-refractivity contribution in [1.29, 1.82) is 0 Å². The van der Waals surface area contributed by atoms with Gasteiger partial charge in [-0.2, -0.15) is 0 Å². The summed E-state index contributed by atoms with van der Waals surface area (Å²) in [6.07, 6.45) is 3.14. The van der Waals surface area contributed by atoms with Gasteiger partial charge < -0.3 is 15.2 Å². The topological polar surface area (TPSA) is 61.8 Å². The van der Waals surface area contributed by atoms with E-state index in [-0.39, 0.29) is 12.5 Å². The number of benzene rings is 1. The Kier molecular flexibility index (Phi) is 6.83. The Morgan fingerprint density at radius 3 is 2.59 bits per heavy atom. The summed E-state index contributed by atoms with van der Waals surface area (Å²) in [6.45, 7) is 3.83. The van der Waals surface area contributed by atoms with E-state index >= 15 is 0 Å². The Balaban J connectivity index is 1.75. The van der Waals surface area contributed by atoms with Crippen molar-refractivity contribution in [2.24, 2.45) is 0 Å². The van der Waals surface area contributed by atoms with E-state index in [1.807, 2.05) is 24.3 Å². The van der Waals surface area contributed by atoms with Gasteiger partial charge in [-0.1, -0.05) is 12.1 Å². The van der Waals surface area contributed by atoms with E-state index in [0.29, 0.717) is 18.3 Å². The molecule has 1 aromatic carbocycles. The van der Waals surface area contributed by atoms with Crippen LogP contribution in [0.4, 0.5) is 0 Å². The lowest BCUT2D eigenvalue weighted by molar-refractivity contribution is 0.000782. The number of nitrogens with zero attached hydrogens (tertiary/aromatic N) is 1. The quantitative estimate of drug-likeness (QED) is 0.748. The van der Waals surface area contributed by atoms with Gasteiger partial charge in [-0.05, 0) is 37.0 Å². The van der Waals surface area contributed by atoms with Crippen LogP contribution in [0.3, 0.4) is 0 Å². The molecule has 0 radical (unpaired) electrons. The van der Waals surface area contributed by atoms with Crippen molar-refractivity contribution < 1.29 is 14.6 Å². The summed E-state index contributed by atoms with van der Waals surface area (Å²) >= 11 is 0. The van der Waals surface area contributed by atoms with Gasteiger partial charge in [0.15, 0.2) is 0 Å². The largest absolute Gasteiger partial charge is 0.396 e. The number of piperidine rings is 1. The van der Waals surface area contributed by atoms with Crippen molar-refractivity contribution in [3.8, 4) is 0 Å². The number of aliphatic hydroxyl groups excluding tert-OH is 1. The van der Waals surface area contributed by atoms with Crippen molar-refractivity contribution >= 4 is 5.91 Å². The van der Waals surface area contributed by atoms with Crippen molar-refractivity contribution in [3.05, 3.63) is 35.4 Å². The molecule has 1 aliphatic heterocycles. The first kappa shape index (κ1) is 16.9. The highest BCUT2D eigenvalue weighted by Gasteiger charge is 2.19. The molecule has 0 saturated carbocycles. The Hall–Kier alpha value is -1.43. The predicted molar refractivity (Wildman–Crippen MR) is 85.8 cm³/mol. The highest BCUT2D eigenvalue weighted by molar-refractivity contribution is 5.93. The Bertz CT molecular complexity index is 453. The zero-order valence-corrected chi connectivity index (χ0v) is 13.3. The number of likely N-dealkylation sites (tertiary alicyclic amines) is 1. The Morgan fingerprint density at radius 2 is 2.00 bits per heavy atom. The summed E-state index contributed by atoms with van der Waals surface area (Å²) in [7, 11) is 1.64. The van der Waals surface area contributed by atoms with E-state index in [1.54, 1.807) is 7.05 Å². The number of nitrogens with one attached hydrogen (secondary N) is 1. The molecule has 1 fully saturated rings. The van der Waals surface area contributed by atoms with Gasteiger partial charge in [-0.15, -0.1) is 0 Å². The zero-order chi connectivity index (χ0) is 15.8. The number of aliphatic hydroxyl groups is 1. The third kappa shape index (κ3) is 5.09. The van der Waals surface area contributed by atoms with Crippen molar-refractivity contribution in [3.63, 3.8) is 0 Å². The molecule has 5 heteroatoms. The van der Waals surface area contributed by atoms with Crippen LogP contribution in [0.1, 0.15) is 35.2 Å². The molecule has 22 heavy (non-hydrogen) atoms. The minimum Gasteiger partial charge on any atom is -0.396 e. The molecule has 0 bridgehead atoms. The molecule has 0 atom stereocenters. The molecule has 0 spiro atoms. The molecule has 5 nitrogen and oxygen atoms in total. The van der Waals surface area contributed by atoms with Gasteiger partial charge in [0.05, 0.1) is 6.10 Å². The minimum atomic E-state index is -0.0487. The maximum Gasteiger partial charge on any atom is 0.251 e. The predicted octanol–water partition coefficient (Wildman–Crippen LogP) is 1.41. The van der Waals surface area contributed by atoms with Gasteiger partial charge in [0.1, 0.15) is 0 Å². The van der Waals surface area contributed by atoms with E-state index in [4.69, 9.17) is 9.84 Å². The second-order valence-corrected chi connectivity index (χ2v) is 5.70. The second kappa shape index (κ2) is 8.88. The number of ether oxygens (including phenoxy) is 1. The molecule has 2 N–H and O–H groups in total. The van der Waals surface area contributed by atoms with E-state index in [1.165, 1.54) is 5.56 Å². The van der Waals surface area contributed by atoms with Gasteiger partial charge in [-0.3, -0.25) is 9.69 Å². The minimum absolute atomic E-state index is 0.0487. The molecule has 0 unspecified atom stereocenters. The molecule has 2 rings (SSSR count). The molecular weight excluding hydrogens is 280 g/mol. The van der Waals surface area contributed by atoms with Crippen LogP contribution in [0.25, 0.3) is 0 Å². The van der Waals surface area contributed by atoms with Gasteiger partial charge >= 0.3 is 0 Å². The monoisotopic (exact) mass is 306 g/mol. The van der Waals surface area contributed by atoms with Crippen LogP contribution in [0, 0.1) is 0 Å². The van der Waals surface area contributed by atoms with Crippen LogP contribution in [0.15, 0.2) is 24.3 Å². The zero-order valence-electron chi connectivity index (χ0n) is 13.3. The maximum absolute atomic E-state index is 11.5. The Labute approximate surface area is 132 Å². The van der Waals surface area contributed by atoms with Crippen molar-refractivity contribution in [2.75, 3.05) is 33.4 Å². The molecule has 1 amide bonds. The summed E-state index contributed by atoms with van der Waals surface area (Å²) in [5.41, 5.74) is 1.93. The number of rotatable bonds is 7. The number of carbonyl (C=O) groups is 1. The van der Waals surface area contributed by atoms with E-state index in [9.17, 15) is 4.79 Å². The Morgan fingerprint density at radius 1 is 1.32 bits per heavy atom. The van der Waals surface area contributed by atoms with Gasteiger partial charge in [0.25, 0.3) is 5.91 Å². The van der Waals surface area contributed by atoms with Crippen molar-refractivity contribution in [2.45, 2.75) is 31.9 Å². The SMILES string of the molecule is CNC(=O)c1ccc(CN2CCC(OCCCO)CC2)cc1. The van der Waals surface area contributed by atoms with Crippen LogP contribution in [0.2, 0.25) is 0 Å². The average Bonchev–Trinajstić information content (AvgIpc) is 2.57. The fraction of sp³-hybridized carbons (Fsp3) is 0.588. The molecular formula is C17H26N2O3. The van der Waals surface area contributed by atoms with E-state index in [2.05, 4.69) is 10.2 Å². The molecule has 1 aromatic rings. The summed E-state index contributed by atoms with van der Waals surface area (Å²) in [5, 5.41) is 11.4. The van der Waals surface area contributed by atoms with Crippen LogP contribution < -0.4 is 5.32 Å². The van der Waals surface area contributed by atoms with Crippen molar-refractivity contribution in [1.82, 2.24) is 10.2 Å². The lowest BCUT2D eigenvalue weighted by Crippen LogP contribution is -2.36. The third-order valence-electron chi connectivity index (χ3n) is 4.04. The van der Waals surface area contributed by atoms with Crippen LogP contribution in [-0.2, 0) is 11.3 Å². The molecule has 1 saturated heterocycles. The lowest BCUT2D eigenvalue weighted by atomic mass is 10.1. The first-order valence-electron chi connectivity index (χ1n) is 7.98. The summed E-state index contributed by atoms with van der Waals surface area (Å²) < 4.78 is 5.75. The van der Waals surface area contributed by atoms with Gasteiger partial charge in [-0.25, -0.2) is 0 Å². The fourth-order valence-electron chi connectivity index (χ4n) is 2.71. The number of carbonyl (C=O) groups excluding carboxylic acids is 1. The average molecular weight is 306 g/mol. The van der Waals surface area contributed by atoms with E-state index < -0.39 is 0 Å². The second-order valence-electron chi connectivity index (χ2n) is 5.70. The van der Waals surface area contributed by atoms with Gasteiger partial charge in [0.2, 0.25) is 0 Å². The van der Waals surface area contributed by atoms with E-state index in [0.717, 1.165) is 38.9 Å². The van der Waals surface area contributed by atoms with Crippen LogP contribution >= 0.6 is 0 Å². The molecule has 1 heterocycles. The normalized spacial score (nSPS) is 16.6. The van der Waals surface area contributed by atoms with Crippen LogP contribution in [0.5, 0.6) is 0 Å². The molecule has 122 valence electrons. The smallest absolute Gasteiger partial charge is 0.251 e.